The largest absolute Gasteiger partial charge is 0.481 e. The van der Waals surface area contributed by atoms with E-state index < -0.39 is 5.97 Å². The number of fused-ring (bicyclic) bond motifs is 2. The molecule has 0 spiro atoms. The van der Waals surface area contributed by atoms with Crippen LogP contribution in [0.4, 0.5) is 10.3 Å². The first-order valence-electron chi connectivity index (χ1n) is 14.6. The van der Waals surface area contributed by atoms with Crippen molar-refractivity contribution in [2.24, 2.45) is 5.92 Å². The normalized spacial score (nSPS) is 21.7. The zero-order chi connectivity index (χ0) is 29.4. The number of piperidine rings is 1. The van der Waals surface area contributed by atoms with Gasteiger partial charge in [0.2, 0.25) is 5.95 Å². The van der Waals surface area contributed by atoms with Crippen LogP contribution in [0.5, 0.6) is 0 Å². The second-order valence-electron chi connectivity index (χ2n) is 11.9. The Kier molecular flexibility index (Phi) is 8.63. The fourth-order valence-corrected chi connectivity index (χ4v) is 7.16. The van der Waals surface area contributed by atoms with Crippen LogP contribution >= 0.6 is 23.2 Å². The number of likely N-dealkylation sites (N-methyl/N-ethyl adjacent to an activating group) is 1. The number of hydrogen-bond acceptors (Lipinski definition) is 7. The number of aromatic nitrogens is 3. The predicted octanol–water partition coefficient (Wildman–Crippen LogP) is 5.54. The summed E-state index contributed by atoms with van der Waals surface area (Å²) in [5.74, 6) is -0.244. The molecular weight excluding hydrogens is 578 g/mol. The summed E-state index contributed by atoms with van der Waals surface area (Å²) in [5, 5.41) is 10.1. The van der Waals surface area contributed by atoms with Gasteiger partial charge in [-0.25, -0.2) is 19.3 Å². The van der Waals surface area contributed by atoms with E-state index in [0.717, 1.165) is 44.6 Å². The third-order valence-electron chi connectivity index (χ3n) is 9.02. The van der Waals surface area contributed by atoms with Crippen molar-refractivity contribution in [3.8, 4) is 11.3 Å². The van der Waals surface area contributed by atoms with Gasteiger partial charge < -0.3 is 10.0 Å². The fourth-order valence-electron chi connectivity index (χ4n) is 6.63. The van der Waals surface area contributed by atoms with E-state index in [9.17, 15) is 4.79 Å². The molecule has 2 atom stereocenters. The second-order valence-corrected chi connectivity index (χ2v) is 12.8. The number of nitrogens with zero attached hydrogens (tertiary/aromatic N) is 6. The first-order chi connectivity index (χ1) is 20.2. The van der Waals surface area contributed by atoms with Gasteiger partial charge in [-0.1, -0.05) is 23.2 Å². The summed E-state index contributed by atoms with van der Waals surface area (Å²) < 4.78 is 16.0. The molecule has 6 rings (SSSR count). The van der Waals surface area contributed by atoms with Crippen molar-refractivity contribution in [1.29, 1.82) is 0 Å². The van der Waals surface area contributed by atoms with E-state index in [1.807, 2.05) is 0 Å². The molecule has 3 aliphatic heterocycles. The van der Waals surface area contributed by atoms with Crippen LogP contribution in [-0.2, 0) is 17.8 Å². The average molecular weight is 614 g/mol. The van der Waals surface area contributed by atoms with Gasteiger partial charge in [-0.2, -0.15) is 0 Å². The van der Waals surface area contributed by atoms with Crippen LogP contribution in [-0.4, -0.2) is 81.1 Å². The Morgan fingerprint density at radius 1 is 1.00 bits per heavy atom. The number of benzene rings is 1. The number of piperazine rings is 1. The molecule has 3 fully saturated rings. The molecule has 222 valence electrons. The molecule has 1 N–H and O–H groups in total. The van der Waals surface area contributed by atoms with Crippen molar-refractivity contribution in [2.45, 2.75) is 57.2 Å². The Morgan fingerprint density at radius 2 is 1.64 bits per heavy atom. The van der Waals surface area contributed by atoms with E-state index in [0.29, 0.717) is 57.1 Å². The molecule has 0 radical (unpaired) electrons. The van der Waals surface area contributed by atoms with Crippen LogP contribution < -0.4 is 4.90 Å². The van der Waals surface area contributed by atoms with Crippen molar-refractivity contribution in [3.63, 3.8) is 0 Å². The molecule has 3 saturated heterocycles. The highest BCUT2D eigenvalue weighted by molar-refractivity contribution is 6.35. The highest BCUT2D eigenvalue weighted by Crippen LogP contribution is 2.32. The van der Waals surface area contributed by atoms with Crippen LogP contribution in [0, 0.1) is 11.7 Å². The number of rotatable bonds is 8. The summed E-state index contributed by atoms with van der Waals surface area (Å²) >= 11 is 12.6. The fraction of sp³-hybridized carbons (Fsp3) is 0.484. The van der Waals surface area contributed by atoms with Crippen LogP contribution in [0.2, 0.25) is 10.0 Å². The van der Waals surface area contributed by atoms with Crippen LogP contribution in [0.1, 0.15) is 48.9 Å². The molecule has 0 amide bonds. The smallest absolute Gasteiger partial charge is 0.303 e. The maximum atomic E-state index is 16.0. The number of carbonyl (C=O) groups is 1. The Hall–Kier alpha value is -2.85. The number of halogens is 3. The van der Waals surface area contributed by atoms with Gasteiger partial charge >= 0.3 is 5.97 Å². The first kappa shape index (κ1) is 29.2. The molecule has 8 nitrogen and oxygen atoms in total. The lowest BCUT2D eigenvalue weighted by molar-refractivity contribution is -0.138. The van der Waals surface area contributed by atoms with E-state index in [1.165, 1.54) is 12.8 Å². The van der Waals surface area contributed by atoms with Crippen LogP contribution in [0.15, 0.2) is 36.7 Å². The molecule has 0 saturated carbocycles. The highest BCUT2D eigenvalue weighted by atomic mass is 35.5. The number of aliphatic carboxylic acids is 1. The molecule has 11 heteroatoms. The number of likely N-dealkylation sites (tertiary alicyclic amines) is 1. The second kappa shape index (κ2) is 12.4. The molecule has 5 heterocycles. The minimum atomic E-state index is -0.768. The van der Waals surface area contributed by atoms with Crippen molar-refractivity contribution in [3.05, 3.63) is 69.3 Å². The summed E-state index contributed by atoms with van der Waals surface area (Å²) in [7, 11) is 2.20. The monoisotopic (exact) mass is 612 g/mol. The molecule has 2 aromatic heterocycles. The van der Waals surface area contributed by atoms with Gasteiger partial charge in [0.05, 0.1) is 11.4 Å². The van der Waals surface area contributed by atoms with Gasteiger partial charge in [0.1, 0.15) is 5.82 Å². The molecule has 1 aromatic carbocycles. The van der Waals surface area contributed by atoms with Crippen molar-refractivity contribution in [2.75, 3.05) is 38.1 Å². The van der Waals surface area contributed by atoms with E-state index >= 15 is 4.39 Å². The van der Waals surface area contributed by atoms with E-state index in [4.69, 9.17) is 33.3 Å². The lowest BCUT2D eigenvalue weighted by Crippen LogP contribution is -2.52. The lowest BCUT2D eigenvalue weighted by atomic mass is 9.93. The average Bonchev–Trinajstić information content (AvgIpc) is 3.14. The van der Waals surface area contributed by atoms with E-state index in [1.54, 1.807) is 36.7 Å². The number of anilines is 1. The lowest BCUT2D eigenvalue weighted by Gasteiger charge is -2.38. The van der Waals surface area contributed by atoms with Gasteiger partial charge in [0.25, 0.3) is 0 Å². The minimum absolute atomic E-state index is 0.157. The number of hydrogen-bond donors (Lipinski definition) is 1. The Balaban J connectivity index is 1.24. The van der Waals surface area contributed by atoms with Gasteiger partial charge in [0, 0.05) is 78.1 Å². The van der Waals surface area contributed by atoms with Gasteiger partial charge in [-0.05, 0) is 81.6 Å². The SMILES string of the molecule is CN1C2CCC1CN(c1ncc(Cc3nc(-c4cc(Cl)cc(Cl)c4)cc(CN4CCC(CC(=O)O)CC4)c3F)cn1)C2. The molecule has 2 unspecified atom stereocenters. The predicted molar refractivity (Wildman–Crippen MR) is 162 cm³/mol. The van der Waals surface area contributed by atoms with Gasteiger partial charge in [-0.3, -0.25) is 14.6 Å². The summed E-state index contributed by atoms with van der Waals surface area (Å²) in [5.41, 5.74) is 2.94. The number of carboxylic acid groups (broad SMARTS) is 1. The Bertz CT molecular complexity index is 1420. The third-order valence-corrected chi connectivity index (χ3v) is 9.45. The molecule has 3 aromatic rings. The summed E-state index contributed by atoms with van der Waals surface area (Å²) in [6.07, 6.45) is 7.95. The topological polar surface area (TPSA) is 85.7 Å². The van der Waals surface area contributed by atoms with E-state index in [-0.39, 0.29) is 24.6 Å². The maximum Gasteiger partial charge on any atom is 0.303 e. The Labute approximate surface area is 255 Å². The summed E-state index contributed by atoms with van der Waals surface area (Å²) in [4.78, 5) is 32.1. The minimum Gasteiger partial charge on any atom is -0.481 e. The molecule has 2 bridgehead atoms. The standard InChI is InChI=1S/C31H35Cl2FN6O2/c1-38-25-2-3-26(38)18-40(17-25)31-35-14-20(15-36-31)8-28-30(34)22(16-39-6-4-19(5-7-39)9-29(41)42)12-27(37-28)21-10-23(32)13-24(33)11-21/h10-15,19,25-26H,2-9,16-18H2,1H3,(H,41,42). The van der Waals surface area contributed by atoms with Crippen molar-refractivity contribution >= 4 is 35.1 Å². The van der Waals surface area contributed by atoms with Gasteiger partial charge in [-0.15, -0.1) is 0 Å². The molecule has 0 aliphatic carbocycles. The third kappa shape index (κ3) is 6.54. The zero-order valence-electron chi connectivity index (χ0n) is 23.6. The van der Waals surface area contributed by atoms with E-state index in [2.05, 4.69) is 31.7 Å². The van der Waals surface area contributed by atoms with Crippen LogP contribution in [0.3, 0.4) is 0 Å². The molecular formula is C31H35Cl2FN6O2. The number of carboxylic acids is 1. The van der Waals surface area contributed by atoms with Gasteiger partial charge in [0.15, 0.2) is 0 Å². The summed E-state index contributed by atoms with van der Waals surface area (Å²) in [6.45, 7) is 3.68. The zero-order valence-corrected chi connectivity index (χ0v) is 25.2. The molecule has 3 aliphatic rings. The molecule has 42 heavy (non-hydrogen) atoms. The van der Waals surface area contributed by atoms with Crippen molar-refractivity contribution < 1.29 is 14.3 Å². The summed E-state index contributed by atoms with van der Waals surface area (Å²) in [6, 6.07) is 8.05. The Morgan fingerprint density at radius 3 is 2.26 bits per heavy atom. The number of pyridine rings is 1. The van der Waals surface area contributed by atoms with Crippen LogP contribution in [0.25, 0.3) is 11.3 Å². The highest BCUT2D eigenvalue weighted by Gasteiger charge is 2.38. The van der Waals surface area contributed by atoms with Crippen molar-refractivity contribution in [1.82, 2.24) is 24.8 Å². The quantitative estimate of drug-likeness (QED) is 0.355. The first-order valence-corrected chi connectivity index (χ1v) is 15.3. The maximum absolute atomic E-state index is 16.0.